The molecule has 0 amide bonds. The van der Waals surface area contributed by atoms with Gasteiger partial charge in [0.2, 0.25) is 0 Å². The number of aryl methyl sites for hydroxylation is 2. The monoisotopic (exact) mass is 335 g/mol. The second kappa shape index (κ2) is 6.34. The Labute approximate surface area is 138 Å². The van der Waals surface area contributed by atoms with E-state index >= 15 is 0 Å². The summed E-state index contributed by atoms with van der Waals surface area (Å²) in [6.07, 6.45) is 2.50. The van der Waals surface area contributed by atoms with Crippen molar-refractivity contribution in [1.29, 1.82) is 0 Å². The summed E-state index contributed by atoms with van der Waals surface area (Å²) in [6, 6.07) is 5.85. The molecule has 0 atom stereocenters. The number of fused-ring (bicyclic) bond motifs is 1. The quantitative estimate of drug-likeness (QED) is 0.652. The van der Waals surface area contributed by atoms with E-state index in [1.165, 1.54) is 11.6 Å². The molecule has 1 aromatic carbocycles. The fraction of sp³-hybridized carbons (Fsp3) is 0.389. The van der Waals surface area contributed by atoms with Gasteiger partial charge in [-0.2, -0.15) is 13.2 Å². The fourth-order valence-electron chi connectivity index (χ4n) is 2.96. The van der Waals surface area contributed by atoms with Crippen LogP contribution in [0.25, 0.3) is 11.0 Å². The largest absolute Gasteiger partial charge is 0.416 e. The van der Waals surface area contributed by atoms with Crippen LogP contribution < -0.4 is 0 Å². The minimum Gasteiger partial charge on any atom is -0.336 e. The van der Waals surface area contributed by atoms with E-state index in [-0.39, 0.29) is 0 Å². The summed E-state index contributed by atoms with van der Waals surface area (Å²) >= 11 is 0. The second-order valence-corrected chi connectivity index (χ2v) is 5.94. The van der Waals surface area contributed by atoms with E-state index in [4.69, 9.17) is 0 Å². The van der Waals surface area contributed by atoms with Gasteiger partial charge in [0.05, 0.1) is 16.6 Å². The molecule has 128 valence electrons. The minimum atomic E-state index is -4.35. The predicted molar refractivity (Wildman–Crippen MR) is 87.9 cm³/mol. The molecule has 2 aromatic heterocycles. The first-order valence-electron chi connectivity index (χ1n) is 8.13. The maximum Gasteiger partial charge on any atom is 0.416 e. The summed E-state index contributed by atoms with van der Waals surface area (Å²) in [5.41, 5.74) is 1.72. The summed E-state index contributed by atoms with van der Waals surface area (Å²) in [4.78, 5) is 4.39. The number of hydrogen-bond acceptors (Lipinski definition) is 1. The summed E-state index contributed by atoms with van der Waals surface area (Å²) in [5.74, 6) is 0.787. The van der Waals surface area contributed by atoms with Crippen LogP contribution in [-0.4, -0.2) is 14.1 Å². The molecule has 24 heavy (non-hydrogen) atoms. The maximum atomic E-state index is 12.9. The first-order chi connectivity index (χ1) is 11.4. The van der Waals surface area contributed by atoms with Gasteiger partial charge >= 0.3 is 6.18 Å². The van der Waals surface area contributed by atoms with Crippen molar-refractivity contribution in [3.63, 3.8) is 0 Å². The van der Waals surface area contributed by atoms with Gasteiger partial charge in [-0.25, -0.2) is 4.98 Å². The molecule has 0 aliphatic rings. The van der Waals surface area contributed by atoms with Gasteiger partial charge in [-0.1, -0.05) is 20.3 Å². The van der Waals surface area contributed by atoms with Gasteiger partial charge < -0.3 is 9.13 Å². The molecule has 0 spiro atoms. The Morgan fingerprint density at radius 1 is 1.12 bits per heavy atom. The van der Waals surface area contributed by atoms with Gasteiger partial charge in [-0.15, -0.1) is 0 Å². The Bertz CT molecular complexity index is 843. The zero-order chi connectivity index (χ0) is 17.3. The molecule has 3 nitrogen and oxygen atoms in total. The third kappa shape index (κ3) is 3.18. The van der Waals surface area contributed by atoms with Crippen molar-refractivity contribution in [3.05, 3.63) is 53.6 Å². The van der Waals surface area contributed by atoms with E-state index in [1.807, 2.05) is 22.3 Å². The molecule has 0 N–H and O–H groups in total. The average molecular weight is 335 g/mol. The average Bonchev–Trinajstić information content (AvgIpc) is 3.11. The topological polar surface area (TPSA) is 22.8 Å². The number of imidazole rings is 1. The van der Waals surface area contributed by atoms with Gasteiger partial charge in [0, 0.05) is 18.8 Å². The van der Waals surface area contributed by atoms with Crippen molar-refractivity contribution >= 4 is 11.0 Å². The van der Waals surface area contributed by atoms with Crippen molar-refractivity contribution < 1.29 is 13.2 Å². The molecule has 0 aliphatic carbocycles. The molecule has 0 aliphatic heterocycles. The molecule has 0 fully saturated rings. The zero-order valence-corrected chi connectivity index (χ0v) is 13.8. The number of alkyl halides is 3. The molecular formula is C18H20F3N3. The van der Waals surface area contributed by atoms with Crippen LogP contribution in [0.3, 0.4) is 0 Å². The van der Waals surface area contributed by atoms with E-state index in [0.29, 0.717) is 18.6 Å². The van der Waals surface area contributed by atoms with Crippen LogP contribution in [0, 0.1) is 0 Å². The van der Waals surface area contributed by atoms with E-state index in [2.05, 4.69) is 24.2 Å². The van der Waals surface area contributed by atoms with Crippen LogP contribution in [0.5, 0.6) is 0 Å². The van der Waals surface area contributed by atoms with Gasteiger partial charge in [0.15, 0.2) is 0 Å². The highest BCUT2D eigenvalue weighted by atomic mass is 19.4. The Morgan fingerprint density at radius 2 is 1.92 bits per heavy atom. The van der Waals surface area contributed by atoms with Crippen molar-refractivity contribution in [2.75, 3.05) is 0 Å². The molecule has 0 saturated heterocycles. The molecule has 0 unspecified atom stereocenters. The number of aromatic nitrogens is 3. The normalized spacial score (nSPS) is 12.2. The van der Waals surface area contributed by atoms with Crippen molar-refractivity contribution in [2.24, 2.45) is 0 Å². The lowest BCUT2D eigenvalue weighted by atomic mass is 10.2. The lowest BCUT2D eigenvalue weighted by Crippen LogP contribution is -2.09. The van der Waals surface area contributed by atoms with Crippen molar-refractivity contribution in [3.8, 4) is 0 Å². The standard InChI is InChI=1S/C18H20F3N3/c1-3-5-13-8-9-23(11-13)12-24-16-7-6-14(18(19,20)21)10-15(16)22-17(24)4-2/h6-11H,3-5,12H2,1-2H3. The van der Waals surface area contributed by atoms with E-state index < -0.39 is 11.7 Å². The smallest absolute Gasteiger partial charge is 0.336 e. The van der Waals surface area contributed by atoms with Gasteiger partial charge in [0.25, 0.3) is 0 Å². The second-order valence-electron chi connectivity index (χ2n) is 5.94. The molecule has 3 aromatic rings. The van der Waals surface area contributed by atoms with E-state index in [1.54, 1.807) is 0 Å². The zero-order valence-electron chi connectivity index (χ0n) is 13.8. The molecule has 2 heterocycles. The van der Waals surface area contributed by atoms with Gasteiger partial charge in [-0.05, 0) is 36.2 Å². The highest BCUT2D eigenvalue weighted by Crippen LogP contribution is 2.31. The summed E-state index contributed by atoms with van der Waals surface area (Å²) < 4.78 is 42.7. The van der Waals surface area contributed by atoms with Crippen LogP contribution in [0.4, 0.5) is 13.2 Å². The summed E-state index contributed by atoms with van der Waals surface area (Å²) in [6.45, 7) is 4.64. The Hall–Kier alpha value is -2.24. The maximum absolute atomic E-state index is 12.9. The van der Waals surface area contributed by atoms with E-state index in [9.17, 15) is 13.2 Å². The Kier molecular flexibility index (Phi) is 4.39. The third-order valence-electron chi connectivity index (χ3n) is 4.13. The Morgan fingerprint density at radius 3 is 2.58 bits per heavy atom. The van der Waals surface area contributed by atoms with Crippen LogP contribution in [-0.2, 0) is 25.7 Å². The first kappa shape index (κ1) is 16.6. The lowest BCUT2D eigenvalue weighted by molar-refractivity contribution is -0.137. The van der Waals surface area contributed by atoms with Gasteiger partial charge in [-0.3, -0.25) is 0 Å². The first-order valence-corrected chi connectivity index (χ1v) is 8.13. The molecule has 3 rings (SSSR count). The summed E-state index contributed by atoms with van der Waals surface area (Å²) in [7, 11) is 0. The van der Waals surface area contributed by atoms with Crippen LogP contribution >= 0.6 is 0 Å². The molecular weight excluding hydrogens is 315 g/mol. The number of nitrogens with zero attached hydrogens (tertiary/aromatic N) is 3. The fourth-order valence-corrected chi connectivity index (χ4v) is 2.96. The van der Waals surface area contributed by atoms with Crippen molar-refractivity contribution in [1.82, 2.24) is 14.1 Å². The molecule has 6 heteroatoms. The lowest BCUT2D eigenvalue weighted by Gasteiger charge is -2.10. The minimum absolute atomic E-state index is 0.391. The molecule has 0 bridgehead atoms. The number of benzene rings is 1. The van der Waals surface area contributed by atoms with Crippen molar-refractivity contribution in [2.45, 2.75) is 46.0 Å². The predicted octanol–water partition coefficient (Wildman–Crippen LogP) is 4.88. The van der Waals surface area contributed by atoms with Crippen LogP contribution in [0.15, 0.2) is 36.7 Å². The number of rotatable bonds is 5. The number of hydrogen-bond donors (Lipinski definition) is 0. The SMILES string of the molecule is CCCc1ccn(Cn2c(CC)nc3cc(C(F)(F)F)ccc32)c1. The Balaban J connectivity index is 1.99. The van der Waals surface area contributed by atoms with Crippen LogP contribution in [0.1, 0.15) is 37.2 Å². The molecule has 0 saturated carbocycles. The van der Waals surface area contributed by atoms with E-state index in [0.717, 1.165) is 36.3 Å². The van der Waals surface area contributed by atoms with Crippen LogP contribution in [0.2, 0.25) is 0 Å². The molecule has 0 radical (unpaired) electrons. The number of halogens is 3. The third-order valence-corrected chi connectivity index (χ3v) is 4.13. The summed E-state index contributed by atoms with van der Waals surface area (Å²) in [5, 5.41) is 0. The van der Waals surface area contributed by atoms with Gasteiger partial charge in [0.1, 0.15) is 12.5 Å². The highest BCUT2D eigenvalue weighted by molar-refractivity contribution is 5.77. The highest BCUT2D eigenvalue weighted by Gasteiger charge is 2.31.